The van der Waals surface area contributed by atoms with Gasteiger partial charge in [-0.15, -0.1) is 0 Å². The third kappa shape index (κ3) is 4.35. The molecule has 1 aromatic carbocycles. The number of alkyl carbamates (subject to hydrolysis) is 1. The van der Waals surface area contributed by atoms with Crippen LogP contribution in [0.15, 0.2) is 24.3 Å². The Morgan fingerprint density at radius 1 is 1.33 bits per heavy atom. The van der Waals surface area contributed by atoms with Gasteiger partial charge in [-0.2, -0.15) is 0 Å². The number of hydrogen-bond acceptors (Lipinski definition) is 2. The number of amides is 1. The summed E-state index contributed by atoms with van der Waals surface area (Å²) in [5.74, 6) is 0.512. The van der Waals surface area contributed by atoms with Gasteiger partial charge in [0.25, 0.3) is 0 Å². The van der Waals surface area contributed by atoms with Crippen molar-refractivity contribution in [2.45, 2.75) is 39.8 Å². The smallest absolute Gasteiger partial charge is 0.408 e. The number of halogens is 1. The topological polar surface area (TPSA) is 38.3 Å². The lowest BCUT2D eigenvalue weighted by molar-refractivity contribution is 0.133. The van der Waals surface area contributed by atoms with Gasteiger partial charge >= 0.3 is 6.09 Å². The Hall–Kier alpha value is -1.58. The van der Waals surface area contributed by atoms with Gasteiger partial charge in [0.15, 0.2) is 0 Å². The predicted molar refractivity (Wildman–Crippen MR) is 68.7 cm³/mol. The van der Waals surface area contributed by atoms with Gasteiger partial charge in [0.2, 0.25) is 0 Å². The van der Waals surface area contributed by atoms with Crippen LogP contribution in [0.1, 0.15) is 39.4 Å². The van der Waals surface area contributed by atoms with E-state index in [0.717, 1.165) is 5.92 Å². The second-order valence-electron chi connectivity index (χ2n) is 5.05. The molecule has 1 aliphatic heterocycles. The molecule has 0 saturated carbocycles. The first-order valence-corrected chi connectivity index (χ1v) is 6.12. The zero-order chi connectivity index (χ0) is 13.7. The largest absolute Gasteiger partial charge is 0.439 e. The van der Waals surface area contributed by atoms with E-state index in [1.54, 1.807) is 12.1 Å². The molecule has 0 spiro atoms. The SMILES string of the molecule is CC(C)C.C[C@@H]1NC(=O)O[C@@H]1c1cccc(F)c1. The molecule has 1 fully saturated rings. The van der Waals surface area contributed by atoms with Gasteiger partial charge in [0.05, 0.1) is 6.04 Å². The number of cyclic esters (lactones) is 1. The molecule has 100 valence electrons. The van der Waals surface area contributed by atoms with Crippen LogP contribution in [0.4, 0.5) is 9.18 Å². The van der Waals surface area contributed by atoms with E-state index in [1.165, 1.54) is 12.1 Å². The van der Waals surface area contributed by atoms with Gasteiger partial charge < -0.3 is 10.1 Å². The molecule has 1 amide bonds. The minimum atomic E-state index is -0.452. The number of nitrogens with one attached hydrogen (secondary N) is 1. The first-order chi connectivity index (χ1) is 8.40. The van der Waals surface area contributed by atoms with Crippen LogP contribution in [0.2, 0.25) is 0 Å². The van der Waals surface area contributed by atoms with Gasteiger partial charge in [0, 0.05) is 0 Å². The molecule has 0 aromatic heterocycles. The zero-order valence-electron chi connectivity index (χ0n) is 11.2. The van der Waals surface area contributed by atoms with E-state index >= 15 is 0 Å². The fourth-order valence-corrected chi connectivity index (χ4v) is 1.55. The van der Waals surface area contributed by atoms with Gasteiger partial charge in [-0.3, -0.25) is 0 Å². The normalized spacial score (nSPS) is 22.0. The molecular weight excluding hydrogens is 233 g/mol. The number of benzene rings is 1. The molecule has 1 heterocycles. The summed E-state index contributed by atoms with van der Waals surface area (Å²) in [7, 11) is 0. The van der Waals surface area contributed by atoms with Crippen molar-refractivity contribution in [3.8, 4) is 0 Å². The van der Waals surface area contributed by atoms with Crippen molar-refractivity contribution in [3.63, 3.8) is 0 Å². The summed E-state index contributed by atoms with van der Waals surface area (Å²) in [5, 5.41) is 2.60. The maximum atomic E-state index is 12.9. The van der Waals surface area contributed by atoms with E-state index in [2.05, 4.69) is 26.1 Å². The van der Waals surface area contributed by atoms with Crippen molar-refractivity contribution in [1.82, 2.24) is 5.32 Å². The molecule has 0 radical (unpaired) electrons. The predicted octanol–water partition coefficient (Wildman–Crippen LogP) is 3.66. The summed E-state index contributed by atoms with van der Waals surface area (Å²) in [6.45, 7) is 8.32. The quantitative estimate of drug-likeness (QED) is 0.829. The average molecular weight is 253 g/mol. The van der Waals surface area contributed by atoms with Crippen LogP contribution in [0, 0.1) is 11.7 Å². The van der Waals surface area contributed by atoms with E-state index in [0.29, 0.717) is 5.56 Å². The van der Waals surface area contributed by atoms with Crippen molar-refractivity contribution in [2.24, 2.45) is 5.92 Å². The molecule has 1 N–H and O–H groups in total. The summed E-state index contributed by atoms with van der Waals surface area (Å²) in [5.41, 5.74) is 0.677. The van der Waals surface area contributed by atoms with Crippen LogP contribution in [0.25, 0.3) is 0 Å². The molecule has 0 unspecified atom stereocenters. The molecule has 2 rings (SSSR count). The number of rotatable bonds is 1. The Morgan fingerprint density at radius 3 is 2.39 bits per heavy atom. The van der Waals surface area contributed by atoms with Crippen LogP contribution in [0.5, 0.6) is 0 Å². The van der Waals surface area contributed by atoms with Gasteiger partial charge in [-0.05, 0) is 30.5 Å². The second kappa shape index (κ2) is 6.38. The molecule has 4 heteroatoms. The fourth-order valence-electron chi connectivity index (χ4n) is 1.55. The molecule has 1 saturated heterocycles. The van der Waals surface area contributed by atoms with E-state index in [1.807, 2.05) is 6.92 Å². The summed E-state index contributed by atoms with van der Waals surface area (Å²) >= 11 is 0. The molecule has 0 bridgehead atoms. The van der Waals surface area contributed by atoms with Crippen molar-refractivity contribution in [1.29, 1.82) is 0 Å². The van der Waals surface area contributed by atoms with Crippen molar-refractivity contribution < 1.29 is 13.9 Å². The highest BCUT2D eigenvalue weighted by Crippen LogP contribution is 2.26. The summed E-state index contributed by atoms with van der Waals surface area (Å²) < 4.78 is 17.9. The highest BCUT2D eigenvalue weighted by atomic mass is 19.1. The first-order valence-electron chi connectivity index (χ1n) is 6.12. The fraction of sp³-hybridized carbons (Fsp3) is 0.500. The molecule has 2 atom stereocenters. The third-order valence-corrected chi connectivity index (χ3v) is 2.21. The Bertz CT molecular complexity index is 404. The van der Waals surface area contributed by atoms with Crippen LogP contribution < -0.4 is 5.32 Å². The highest BCUT2D eigenvalue weighted by Gasteiger charge is 2.31. The Kier molecular flexibility index (Phi) is 5.13. The van der Waals surface area contributed by atoms with Gasteiger partial charge in [-0.1, -0.05) is 32.9 Å². The number of ether oxygens (including phenoxy) is 1. The molecule has 3 nitrogen and oxygen atoms in total. The summed E-state index contributed by atoms with van der Waals surface area (Å²) in [6.07, 6.45) is -0.843. The van der Waals surface area contributed by atoms with E-state index in [4.69, 9.17) is 4.74 Å². The molecule has 1 aromatic rings. The minimum absolute atomic E-state index is 0.121. The van der Waals surface area contributed by atoms with E-state index < -0.39 is 12.2 Å². The Balaban J connectivity index is 0.000000357. The lowest BCUT2D eigenvalue weighted by atomic mass is 10.0. The highest BCUT2D eigenvalue weighted by molar-refractivity contribution is 5.70. The minimum Gasteiger partial charge on any atom is -0.439 e. The van der Waals surface area contributed by atoms with Gasteiger partial charge in [-0.25, -0.2) is 9.18 Å². The van der Waals surface area contributed by atoms with Crippen molar-refractivity contribution in [3.05, 3.63) is 35.6 Å². The van der Waals surface area contributed by atoms with Gasteiger partial charge in [0.1, 0.15) is 11.9 Å². The third-order valence-electron chi connectivity index (χ3n) is 2.21. The maximum absolute atomic E-state index is 12.9. The lowest BCUT2D eigenvalue weighted by Gasteiger charge is -2.12. The molecule has 1 aliphatic rings. The first kappa shape index (κ1) is 14.5. The summed E-state index contributed by atoms with van der Waals surface area (Å²) in [6, 6.07) is 5.96. The molecular formula is C14H20FNO2. The van der Waals surface area contributed by atoms with Crippen LogP contribution >= 0.6 is 0 Å². The monoisotopic (exact) mass is 253 g/mol. The number of carbonyl (C=O) groups is 1. The van der Waals surface area contributed by atoms with Crippen LogP contribution in [-0.2, 0) is 4.74 Å². The van der Waals surface area contributed by atoms with Crippen LogP contribution in [-0.4, -0.2) is 12.1 Å². The lowest BCUT2D eigenvalue weighted by Crippen LogP contribution is -2.23. The van der Waals surface area contributed by atoms with Crippen LogP contribution in [0.3, 0.4) is 0 Å². The Morgan fingerprint density at radius 2 is 1.94 bits per heavy atom. The van der Waals surface area contributed by atoms with E-state index in [-0.39, 0.29) is 11.9 Å². The zero-order valence-corrected chi connectivity index (χ0v) is 11.2. The molecule has 0 aliphatic carbocycles. The van der Waals surface area contributed by atoms with Crippen molar-refractivity contribution >= 4 is 6.09 Å². The second-order valence-corrected chi connectivity index (χ2v) is 5.05. The Labute approximate surface area is 107 Å². The molecule has 18 heavy (non-hydrogen) atoms. The number of carbonyl (C=O) groups excluding carboxylic acids is 1. The summed E-state index contributed by atoms with van der Waals surface area (Å²) in [4.78, 5) is 10.9. The van der Waals surface area contributed by atoms with Crippen molar-refractivity contribution in [2.75, 3.05) is 0 Å². The maximum Gasteiger partial charge on any atom is 0.408 e. The van der Waals surface area contributed by atoms with E-state index in [9.17, 15) is 9.18 Å². The number of hydrogen-bond donors (Lipinski definition) is 1. The standard InChI is InChI=1S/C10H10FNO2.C4H10/c1-6-9(14-10(13)12-6)7-3-2-4-8(11)5-7;1-4(2)3/h2-6,9H,1H3,(H,12,13);4H,1-3H3/t6-,9-;/m0./s1. The average Bonchev–Trinajstić information content (AvgIpc) is 2.57.